The third-order valence-electron chi connectivity index (χ3n) is 4.80. The van der Waals surface area contributed by atoms with Crippen LogP contribution in [0.3, 0.4) is 0 Å². The summed E-state index contributed by atoms with van der Waals surface area (Å²) in [5, 5.41) is 9.23. The fourth-order valence-corrected chi connectivity index (χ4v) is 4.76. The zero-order chi connectivity index (χ0) is 10.5. The maximum atomic E-state index is 9.23. The number of rotatable bonds is 3. The maximum absolute atomic E-state index is 9.23. The molecule has 4 aliphatic rings. The van der Waals surface area contributed by atoms with Crippen molar-refractivity contribution >= 4 is 0 Å². The highest BCUT2D eigenvalue weighted by Gasteiger charge is 2.50. The normalized spacial score (nSPS) is 49.6. The van der Waals surface area contributed by atoms with Gasteiger partial charge in [0, 0.05) is 0 Å². The van der Waals surface area contributed by atoms with E-state index in [1.165, 1.54) is 38.5 Å². The van der Waals surface area contributed by atoms with Gasteiger partial charge in [-0.25, -0.2) is 0 Å². The van der Waals surface area contributed by atoms with Crippen molar-refractivity contribution in [3.8, 4) is 0 Å². The lowest BCUT2D eigenvalue weighted by atomic mass is 9.50. The average Bonchev–Trinajstić information content (AvgIpc) is 2.12. The van der Waals surface area contributed by atoms with E-state index in [4.69, 9.17) is 4.74 Å². The first kappa shape index (κ1) is 10.1. The average molecular weight is 210 g/mol. The van der Waals surface area contributed by atoms with Crippen molar-refractivity contribution in [1.82, 2.24) is 0 Å². The largest absolute Gasteiger partial charge is 0.368 e. The Labute approximate surface area is 92.0 Å². The molecule has 4 fully saturated rings. The lowest BCUT2D eigenvalue weighted by Gasteiger charge is -2.56. The Bertz CT molecular complexity index is 212. The van der Waals surface area contributed by atoms with Gasteiger partial charge in [-0.2, -0.15) is 0 Å². The Balaban J connectivity index is 1.70. The standard InChI is InChI=1S/C13H22O2/c1-9(14)15-8-13-5-10-2-11(6-13)4-12(3-10)7-13/h9-12,14H,2-8H2,1H3. The fourth-order valence-electron chi connectivity index (χ4n) is 4.76. The Morgan fingerprint density at radius 3 is 2.00 bits per heavy atom. The first-order chi connectivity index (χ1) is 7.15. The minimum absolute atomic E-state index is 0.450. The second-order valence-electron chi connectivity index (χ2n) is 6.33. The molecule has 1 unspecified atom stereocenters. The zero-order valence-electron chi connectivity index (χ0n) is 9.61. The Morgan fingerprint density at radius 1 is 1.13 bits per heavy atom. The van der Waals surface area contributed by atoms with Gasteiger partial charge in [-0.1, -0.05) is 0 Å². The summed E-state index contributed by atoms with van der Waals surface area (Å²) in [6.45, 7) is 2.52. The minimum atomic E-state index is -0.585. The van der Waals surface area contributed by atoms with E-state index in [2.05, 4.69) is 0 Å². The summed E-state index contributed by atoms with van der Waals surface area (Å²) < 4.78 is 5.48. The molecule has 0 aromatic heterocycles. The smallest absolute Gasteiger partial charge is 0.151 e. The van der Waals surface area contributed by atoms with Crippen LogP contribution in [0.15, 0.2) is 0 Å². The molecule has 86 valence electrons. The molecule has 0 aliphatic heterocycles. The molecule has 0 heterocycles. The molecule has 15 heavy (non-hydrogen) atoms. The number of hydrogen-bond donors (Lipinski definition) is 1. The van der Waals surface area contributed by atoms with E-state index >= 15 is 0 Å². The molecule has 4 bridgehead atoms. The molecule has 0 aromatic carbocycles. The summed E-state index contributed by atoms with van der Waals surface area (Å²) in [6.07, 6.45) is 7.96. The van der Waals surface area contributed by atoms with Gasteiger partial charge < -0.3 is 9.84 Å². The van der Waals surface area contributed by atoms with Crippen LogP contribution in [0.4, 0.5) is 0 Å². The van der Waals surface area contributed by atoms with Crippen LogP contribution in [0.5, 0.6) is 0 Å². The highest BCUT2D eigenvalue weighted by atomic mass is 16.6. The summed E-state index contributed by atoms with van der Waals surface area (Å²) in [5.41, 5.74) is 0.450. The van der Waals surface area contributed by atoms with E-state index in [0.717, 1.165) is 24.4 Å². The highest BCUT2D eigenvalue weighted by Crippen LogP contribution is 2.60. The predicted octanol–water partition coefficient (Wildman–Crippen LogP) is 2.56. The van der Waals surface area contributed by atoms with Gasteiger partial charge in [0.1, 0.15) is 0 Å². The molecule has 0 spiro atoms. The molecule has 4 saturated carbocycles. The second kappa shape index (κ2) is 3.46. The van der Waals surface area contributed by atoms with Crippen molar-refractivity contribution in [2.75, 3.05) is 6.61 Å². The van der Waals surface area contributed by atoms with Gasteiger partial charge in [-0.15, -0.1) is 0 Å². The van der Waals surface area contributed by atoms with E-state index in [-0.39, 0.29) is 0 Å². The Hall–Kier alpha value is -0.0800. The summed E-state index contributed by atoms with van der Waals surface area (Å²) in [7, 11) is 0. The lowest BCUT2D eigenvalue weighted by Crippen LogP contribution is -2.48. The fraction of sp³-hybridized carbons (Fsp3) is 1.00. The number of hydrogen-bond acceptors (Lipinski definition) is 2. The Kier molecular flexibility index (Phi) is 2.33. The summed E-state index contributed by atoms with van der Waals surface area (Å²) in [4.78, 5) is 0. The Morgan fingerprint density at radius 2 is 1.60 bits per heavy atom. The van der Waals surface area contributed by atoms with Crippen molar-refractivity contribution in [2.24, 2.45) is 23.2 Å². The number of aliphatic hydroxyl groups is 1. The molecule has 0 saturated heterocycles. The SMILES string of the molecule is CC(O)OCC12CC3CC(CC(C3)C1)C2. The third-order valence-corrected chi connectivity index (χ3v) is 4.80. The zero-order valence-corrected chi connectivity index (χ0v) is 9.61. The van der Waals surface area contributed by atoms with E-state index in [1.54, 1.807) is 6.92 Å². The van der Waals surface area contributed by atoms with E-state index < -0.39 is 6.29 Å². The van der Waals surface area contributed by atoms with Crippen LogP contribution in [-0.2, 0) is 4.74 Å². The van der Waals surface area contributed by atoms with Crippen LogP contribution in [-0.4, -0.2) is 18.0 Å². The molecular formula is C13H22O2. The number of ether oxygens (including phenoxy) is 1. The summed E-state index contributed by atoms with van der Waals surface area (Å²) in [5.74, 6) is 2.94. The van der Waals surface area contributed by atoms with E-state index in [1.807, 2.05) is 0 Å². The number of aliphatic hydroxyl groups excluding tert-OH is 1. The van der Waals surface area contributed by atoms with Gasteiger partial charge >= 0.3 is 0 Å². The van der Waals surface area contributed by atoms with Crippen LogP contribution in [0, 0.1) is 23.2 Å². The quantitative estimate of drug-likeness (QED) is 0.725. The van der Waals surface area contributed by atoms with Crippen LogP contribution in [0.2, 0.25) is 0 Å². The predicted molar refractivity (Wildman–Crippen MR) is 58.2 cm³/mol. The van der Waals surface area contributed by atoms with Gasteiger partial charge in [0.2, 0.25) is 0 Å². The first-order valence-electron chi connectivity index (χ1n) is 6.45. The lowest BCUT2D eigenvalue weighted by molar-refractivity contribution is -0.155. The van der Waals surface area contributed by atoms with Gasteiger partial charge in [-0.05, 0) is 68.6 Å². The van der Waals surface area contributed by atoms with Crippen LogP contribution < -0.4 is 0 Å². The molecule has 2 nitrogen and oxygen atoms in total. The molecule has 2 heteroatoms. The molecule has 1 atom stereocenters. The van der Waals surface area contributed by atoms with Crippen molar-refractivity contribution in [2.45, 2.75) is 51.7 Å². The van der Waals surface area contributed by atoms with Crippen molar-refractivity contribution < 1.29 is 9.84 Å². The van der Waals surface area contributed by atoms with Gasteiger partial charge in [0.15, 0.2) is 6.29 Å². The summed E-state index contributed by atoms with van der Waals surface area (Å²) >= 11 is 0. The molecule has 1 N–H and O–H groups in total. The van der Waals surface area contributed by atoms with Crippen molar-refractivity contribution in [3.63, 3.8) is 0 Å². The highest BCUT2D eigenvalue weighted by molar-refractivity contribution is 5.01. The van der Waals surface area contributed by atoms with Gasteiger partial charge in [0.25, 0.3) is 0 Å². The van der Waals surface area contributed by atoms with Crippen LogP contribution >= 0.6 is 0 Å². The molecule has 4 aliphatic carbocycles. The molecule has 0 amide bonds. The second-order valence-corrected chi connectivity index (χ2v) is 6.33. The molecule has 4 rings (SSSR count). The van der Waals surface area contributed by atoms with Gasteiger partial charge in [0.05, 0.1) is 6.61 Å². The van der Waals surface area contributed by atoms with Crippen molar-refractivity contribution in [1.29, 1.82) is 0 Å². The van der Waals surface area contributed by atoms with E-state index in [0.29, 0.717) is 5.41 Å². The molecular weight excluding hydrogens is 188 g/mol. The third kappa shape index (κ3) is 1.83. The minimum Gasteiger partial charge on any atom is -0.368 e. The topological polar surface area (TPSA) is 29.5 Å². The van der Waals surface area contributed by atoms with Crippen LogP contribution in [0.1, 0.15) is 45.4 Å². The maximum Gasteiger partial charge on any atom is 0.151 e. The van der Waals surface area contributed by atoms with Gasteiger partial charge in [-0.3, -0.25) is 0 Å². The van der Waals surface area contributed by atoms with E-state index in [9.17, 15) is 5.11 Å². The molecule has 0 radical (unpaired) electrons. The monoisotopic (exact) mass is 210 g/mol. The molecule has 0 aromatic rings. The van der Waals surface area contributed by atoms with Crippen molar-refractivity contribution in [3.05, 3.63) is 0 Å². The first-order valence-corrected chi connectivity index (χ1v) is 6.45. The summed E-state index contributed by atoms with van der Waals surface area (Å²) in [6, 6.07) is 0. The van der Waals surface area contributed by atoms with Crippen LogP contribution in [0.25, 0.3) is 0 Å².